The summed E-state index contributed by atoms with van der Waals surface area (Å²) in [6, 6.07) is 10.3. The lowest BCUT2D eigenvalue weighted by atomic mass is 9.84. The zero-order chi connectivity index (χ0) is 19.7. The molecule has 2 aromatic rings. The van der Waals surface area contributed by atoms with Crippen LogP contribution in [-0.4, -0.2) is 53.8 Å². The SMILES string of the molecule is CCNC(=NCc1cnn(Cc2ccccc2)c1)NCC1(CCO)CCOC1. The van der Waals surface area contributed by atoms with Crippen LogP contribution in [-0.2, 0) is 17.8 Å². The number of ether oxygens (including phenoxy) is 1. The standard InChI is InChI=1S/C21H31N5O2/c1-2-22-20(24-16-21(8-10-27)9-11-28-17-21)23-12-19-13-25-26(15-19)14-18-6-4-3-5-7-18/h3-7,13,15,27H,2,8-12,14,16-17H2,1H3,(H2,22,23,24). The maximum absolute atomic E-state index is 9.38. The van der Waals surface area contributed by atoms with E-state index in [-0.39, 0.29) is 12.0 Å². The van der Waals surface area contributed by atoms with Gasteiger partial charge in [0.2, 0.25) is 0 Å². The predicted molar refractivity (Wildman–Crippen MR) is 110 cm³/mol. The summed E-state index contributed by atoms with van der Waals surface area (Å²) in [4.78, 5) is 4.69. The number of hydrogen-bond donors (Lipinski definition) is 3. The molecule has 28 heavy (non-hydrogen) atoms. The second-order valence-corrected chi connectivity index (χ2v) is 7.36. The van der Waals surface area contributed by atoms with E-state index in [2.05, 4.69) is 34.8 Å². The second kappa shape index (κ2) is 10.2. The minimum Gasteiger partial charge on any atom is -0.396 e. The molecule has 1 unspecified atom stereocenters. The molecular formula is C21H31N5O2. The molecule has 3 N–H and O–H groups in total. The van der Waals surface area contributed by atoms with E-state index in [1.165, 1.54) is 5.56 Å². The van der Waals surface area contributed by atoms with Gasteiger partial charge in [-0.2, -0.15) is 5.10 Å². The van der Waals surface area contributed by atoms with Crippen LogP contribution in [0.5, 0.6) is 0 Å². The maximum atomic E-state index is 9.38. The molecule has 0 bridgehead atoms. The van der Waals surface area contributed by atoms with E-state index < -0.39 is 0 Å². The number of benzene rings is 1. The van der Waals surface area contributed by atoms with Gasteiger partial charge in [0.25, 0.3) is 0 Å². The van der Waals surface area contributed by atoms with Gasteiger partial charge in [0.15, 0.2) is 5.96 Å². The highest BCUT2D eigenvalue weighted by Gasteiger charge is 2.34. The van der Waals surface area contributed by atoms with Crippen LogP contribution >= 0.6 is 0 Å². The van der Waals surface area contributed by atoms with Gasteiger partial charge >= 0.3 is 0 Å². The molecule has 0 saturated carbocycles. The van der Waals surface area contributed by atoms with Crippen molar-refractivity contribution in [3.63, 3.8) is 0 Å². The van der Waals surface area contributed by atoms with E-state index in [4.69, 9.17) is 9.73 Å². The van der Waals surface area contributed by atoms with Crippen LogP contribution in [0.2, 0.25) is 0 Å². The first-order valence-corrected chi connectivity index (χ1v) is 9.99. The van der Waals surface area contributed by atoms with Crippen LogP contribution in [0.15, 0.2) is 47.7 Å². The number of aliphatic imine (C=N–C) groups is 1. The average molecular weight is 386 g/mol. The number of nitrogens with zero attached hydrogens (tertiary/aromatic N) is 3. The van der Waals surface area contributed by atoms with Crippen LogP contribution in [0.1, 0.15) is 30.9 Å². The van der Waals surface area contributed by atoms with Crippen LogP contribution in [0.4, 0.5) is 0 Å². The Hall–Kier alpha value is -2.38. The Morgan fingerprint density at radius 1 is 1.29 bits per heavy atom. The van der Waals surface area contributed by atoms with Crippen molar-refractivity contribution >= 4 is 5.96 Å². The fraction of sp³-hybridized carbons (Fsp3) is 0.524. The van der Waals surface area contributed by atoms with Crippen molar-refractivity contribution in [2.24, 2.45) is 10.4 Å². The largest absolute Gasteiger partial charge is 0.396 e. The van der Waals surface area contributed by atoms with E-state index in [1.54, 1.807) is 0 Å². The fourth-order valence-electron chi connectivity index (χ4n) is 3.44. The van der Waals surface area contributed by atoms with Crippen molar-refractivity contribution in [2.75, 3.05) is 32.9 Å². The number of aliphatic hydroxyl groups excluding tert-OH is 1. The smallest absolute Gasteiger partial charge is 0.191 e. The van der Waals surface area contributed by atoms with Crippen molar-refractivity contribution in [1.82, 2.24) is 20.4 Å². The molecule has 0 aliphatic carbocycles. The predicted octanol–water partition coefficient (Wildman–Crippen LogP) is 1.78. The van der Waals surface area contributed by atoms with Crippen molar-refractivity contribution in [3.05, 3.63) is 53.9 Å². The van der Waals surface area contributed by atoms with E-state index in [0.29, 0.717) is 13.2 Å². The third kappa shape index (κ3) is 5.81. The van der Waals surface area contributed by atoms with Gasteiger partial charge in [-0.05, 0) is 25.3 Å². The Balaban J connectivity index is 1.56. The first-order chi connectivity index (χ1) is 13.7. The number of aliphatic hydroxyl groups is 1. The molecule has 1 fully saturated rings. The summed E-state index contributed by atoms with van der Waals surface area (Å²) in [7, 11) is 0. The molecule has 1 aromatic carbocycles. The Bertz CT molecular complexity index is 738. The fourth-order valence-corrected chi connectivity index (χ4v) is 3.44. The van der Waals surface area contributed by atoms with Gasteiger partial charge in [-0.25, -0.2) is 4.99 Å². The zero-order valence-electron chi connectivity index (χ0n) is 16.6. The van der Waals surface area contributed by atoms with E-state index in [9.17, 15) is 5.11 Å². The molecule has 3 rings (SSSR count). The Morgan fingerprint density at radius 2 is 2.14 bits per heavy atom. The van der Waals surface area contributed by atoms with Crippen LogP contribution in [0.3, 0.4) is 0 Å². The molecule has 7 nitrogen and oxygen atoms in total. The van der Waals surface area contributed by atoms with Gasteiger partial charge in [0.1, 0.15) is 0 Å². The van der Waals surface area contributed by atoms with Gasteiger partial charge in [-0.15, -0.1) is 0 Å². The van der Waals surface area contributed by atoms with Gasteiger partial charge < -0.3 is 20.5 Å². The monoisotopic (exact) mass is 385 g/mol. The summed E-state index contributed by atoms with van der Waals surface area (Å²) < 4.78 is 7.50. The van der Waals surface area contributed by atoms with Gasteiger partial charge in [-0.3, -0.25) is 4.68 Å². The van der Waals surface area contributed by atoms with E-state index >= 15 is 0 Å². The van der Waals surface area contributed by atoms with Crippen molar-refractivity contribution in [1.29, 1.82) is 0 Å². The maximum Gasteiger partial charge on any atom is 0.191 e. The molecule has 2 heterocycles. The molecule has 1 atom stereocenters. The summed E-state index contributed by atoms with van der Waals surface area (Å²) in [6.07, 6.45) is 5.62. The Morgan fingerprint density at radius 3 is 2.86 bits per heavy atom. The first-order valence-electron chi connectivity index (χ1n) is 9.99. The highest BCUT2D eigenvalue weighted by Crippen LogP contribution is 2.31. The van der Waals surface area contributed by atoms with Crippen molar-refractivity contribution in [3.8, 4) is 0 Å². The Labute approximate surface area is 166 Å². The quantitative estimate of drug-likeness (QED) is 0.453. The van der Waals surface area contributed by atoms with Crippen LogP contribution in [0.25, 0.3) is 0 Å². The zero-order valence-corrected chi connectivity index (χ0v) is 16.6. The summed E-state index contributed by atoms with van der Waals surface area (Å²) in [5.74, 6) is 0.780. The molecule has 0 spiro atoms. The topological polar surface area (TPSA) is 83.7 Å². The van der Waals surface area contributed by atoms with Crippen LogP contribution in [0, 0.1) is 5.41 Å². The normalized spacial score (nSPS) is 19.7. The highest BCUT2D eigenvalue weighted by molar-refractivity contribution is 5.79. The third-order valence-electron chi connectivity index (χ3n) is 5.10. The molecule has 152 valence electrons. The molecular weight excluding hydrogens is 354 g/mol. The van der Waals surface area contributed by atoms with Gasteiger partial charge in [0, 0.05) is 43.5 Å². The number of aromatic nitrogens is 2. The molecule has 7 heteroatoms. The number of guanidine groups is 1. The lowest BCUT2D eigenvalue weighted by Crippen LogP contribution is -2.44. The third-order valence-corrected chi connectivity index (χ3v) is 5.10. The number of rotatable bonds is 9. The van der Waals surface area contributed by atoms with Gasteiger partial charge in [0.05, 0.1) is 25.9 Å². The van der Waals surface area contributed by atoms with Crippen molar-refractivity contribution in [2.45, 2.75) is 32.9 Å². The molecule has 1 saturated heterocycles. The van der Waals surface area contributed by atoms with Crippen molar-refractivity contribution < 1.29 is 9.84 Å². The number of nitrogens with one attached hydrogen (secondary N) is 2. The van der Waals surface area contributed by atoms with E-state index in [1.807, 2.05) is 35.3 Å². The highest BCUT2D eigenvalue weighted by atomic mass is 16.5. The molecule has 0 amide bonds. The summed E-state index contributed by atoms with van der Waals surface area (Å²) in [5.41, 5.74) is 2.29. The minimum atomic E-state index is -0.00842. The second-order valence-electron chi connectivity index (χ2n) is 7.36. The summed E-state index contributed by atoms with van der Waals surface area (Å²) in [5, 5.41) is 20.5. The Kier molecular flexibility index (Phi) is 7.45. The lowest BCUT2D eigenvalue weighted by molar-refractivity contribution is 0.127. The summed E-state index contributed by atoms with van der Waals surface area (Å²) >= 11 is 0. The lowest BCUT2D eigenvalue weighted by Gasteiger charge is -2.27. The summed E-state index contributed by atoms with van der Waals surface area (Å²) in [6.45, 7) is 6.54. The van der Waals surface area contributed by atoms with Gasteiger partial charge in [-0.1, -0.05) is 30.3 Å². The number of hydrogen-bond acceptors (Lipinski definition) is 4. The average Bonchev–Trinajstić information content (AvgIpc) is 3.35. The molecule has 1 aliphatic heterocycles. The minimum absolute atomic E-state index is 0.00842. The van der Waals surface area contributed by atoms with Crippen LogP contribution < -0.4 is 10.6 Å². The molecule has 0 radical (unpaired) electrons. The van der Waals surface area contributed by atoms with E-state index in [0.717, 1.165) is 50.6 Å². The molecule has 1 aliphatic rings. The molecule has 1 aromatic heterocycles. The first kappa shape index (κ1) is 20.4.